The third-order valence-corrected chi connectivity index (χ3v) is 3.68. The van der Waals surface area contributed by atoms with E-state index in [1.54, 1.807) is 20.8 Å². The molecule has 0 aliphatic rings. The van der Waals surface area contributed by atoms with E-state index >= 15 is 0 Å². The molecule has 0 bridgehead atoms. The minimum Gasteiger partial charge on any atom is -0.444 e. The summed E-state index contributed by atoms with van der Waals surface area (Å²) in [6.45, 7) is 5.34. The Morgan fingerprint density at radius 3 is 2.46 bits per heavy atom. The van der Waals surface area contributed by atoms with Gasteiger partial charge in [0.05, 0.1) is 6.54 Å². The lowest BCUT2D eigenvalue weighted by molar-refractivity contribution is 0.0634. The number of aromatic amines is 1. The van der Waals surface area contributed by atoms with Gasteiger partial charge in [-0.1, -0.05) is 30.3 Å². The third kappa shape index (κ3) is 4.58. The fourth-order valence-corrected chi connectivity index (χ4v) is 2.40. The average Bonchev–Trinajstić information content (AvgIpc) is 2.47. The zero-order chi connectivity index (χ0) is 17.9. The van der Waals surface area contributed by atoms with Crippen molar-refractivity contribution in [1.82, 2.24) is 9.55 Å². The number of carbonyl (C=O) groups excluding carboxylic acids is 1. The molecular weight excluding hydrogens is 378 g/mol. The third-order valence-electron chi connectivity index (χ3n) is 2.95. The van der Waals surface area contributed by atoms with Gasteiger partial charge in [-0.25, -0.2) is 9.59 Å². The zero-order valence-corrected chi connectivity index (χ0v) is 15.1. The number of benzene rings is 1. The van der Waals surface area contributed by atoms with Crippen molar-refractivity contribution in [3.05, 3.63) is 61.2 Å². The number of amides is 1. The van der Waals surface area contributed by atoms with Crippen LogP contribution in [-0.4, -0.2) is 21.2 Å². The number of aromatic nitrogens is 2. The van der Waals surface area contributed by atoms with E-state index in [2.05, 4.69) is 26.2 Å². The molecule has 1 amide bonds. The van der Waals surface area contributed by atoms with Crippen LogP contribution in [0, 0.1) is 0 Å². The van der Waals surface area contributed by atoms with Crippen LogP contribution in [0.1, 0.15) is 26.3 Å². The first-order valence-corrected chi connectivity index (χ1v) is 8.03. The fourth-order valence-electron chi connectivity index (χ4n) is 1.99. The molecule has 7 nitrogen and oxygen atoms in total. The Morgan fingerprint density at radius 2 is 1.88 bits per heavy atom. The average molecular weight is 396 g/mol. The summed E-state index contributed by atoms with van der Waals surface area (Å²) in [5.41, 5.74) is -1.12. The van der Waals surface area contributed by atoms with Gasteiger partial charge in [-0.3, -0.25) is 19.7 Å². The standard InChI is InChI=1S/C16H18BrN3O4/c1-16(2,3)24-15(23)18-12-11(17)13(21)19-14(22)20(12)9-10-7-5-4-6-8-10/h4-8H,9H2,1-3H3,(H,18,23)(H,19,21,22). The van der Waals surface area contributed by atoms with E-state index < -0.39 is 22.9 Å². The predicted molar refractivity (Wildman–Crippen MR) is 94.4 cm³/mol. The molecule has 0 radical (unpaired) electrons. The molecule has 8 heteroatoms. The van der Waals surface area contributed by atoms with Crippen LogP contribution in [0.4, 0.5) is 10.6 Å². The first-order chi connectivity index (χ1) is 11.2. The molecule has 0 aliphatic heterocycles. The quantitative estimate of drug-likeness (QED) is 0.835. The summed E-state index contributed by atoms with van der Waals surface area (Å²) < 4.78 is 6.48. The molecule has 0 atom stereocenters. The minimum absolute atomic E-state index is 0.0434. The summed E-state index contributed by atoms with van der Waals surface area (Å²) in [5, 5.41) is 2.47. The van der Waals surface area contributed by atoms with Crippen molar-refractivity contribution in [3.63, 3.8) is 0 Å². The number of nitrogens with one attached hydrogen (secondary N) is 2. The van der Waals surface area contributed by atoms with Gasteiger partial charge in [0.1, 0.15) is 15.9 Å². The molecule has 0 unspecified atom stereocenters. The van der Waals surface area contributed by atoms with Crippen LogP contribution in [-0.2, 0) is 11.3 Å². The molecule has 0 saturated carbocycles. The number of anilines is 1. The summed E-state index contributed by atoms with van der Waals surface area (Å²) in [7, 11) is 0. The van der Waals surface area contributed by atoms with Gasteiger partial charge in [-0.15, -0.1) is 0 Å². The van der Waals surface area contributed by atoms with Gasteiger partial charge in [0.25, 0.3) is 5.56 Å². The highest BCUT2D eigenvalue weighted by atomic mass is 79.9. The van der Waals surface area contributed by atoms with E-state index in [0.29, 0.717) is 0 Å². The Balaban J connectivity index is 2.43. The van der Waals surface area contributed by atoms with Gasteiger partial charge in [0.15, 0.2) is 0 Å². The number of carbonyl (C=O) groups is 1. The maximum atomic E-state index is 12.2. The van der Waals surface area contributed by atoms with Crippen LogP contribution in [0.15, 0.2) is 44.4 Å². The first-order valence-electron chi connectivity index (χ1n) is 7.24. The van der Waals surface area contributed by atoms with E-state index in [9.17, 15) is 14.4 Å². The second-order valence-corrected chi connectivity index (χ2v) is 6.91. The molecule has 2 aromatic rings. The number of H-pyrrole nitrogens is 1. The Bertz CT molecular complexity index is 850. The number of hydrogen-bond acceptors (Lipinski definition) is 4. The lowest BCUT2D eigenvalue weighted by Gasteiger charge is -2.21. The van der Waals surface area contributed by atoms with Crippen molar-refractivity contribution in [2.45, 2.75) is 32.9 Å². The van der Waals surface area contributed by atoms with Gasteiger partial charge in [0.2, 0.25) is 0 Å². The second-order valence-electron chi connectivity index (χ2n) is 6.12. The highest BCUT2D eigenvalue weighted by Crippen LogP contribution is 2.18. The Labute approximate surface area is 146 Å². The molecular formula is C16H18BrN3O4. The largest absolute Gasteiger partial charge is 0.444 e. The molecule has 2 rings (SSSR count). The highest BCUT2D eigenvalue weighted by Gasteiger charge is 2.20. The van der Waals surface area contributed by atoms with Crippen LogP contribution in [0.25, 0.3) is 0 Å². The van der Waals surface area contributed by atoms with Gasteiger partial charge in [-0.2, -0.15) is 0 Å². The molecule has 0 aliphatic carbocycles. The van der Waals surface area contributed by atoms with Crippen molar-refractivity contribution >= 4 is 27.8 Å². The number of nitrogens with zero attached hydrogens (tertiary/aromatic N) is 1. The maximum Gasteiger partial charge on any atom is 0.413 e. The summed E-state index contributed by atoms with van der Waals surface area (Å²) in [4.78, 5) is 38.2. The molecule has 0 spiro atoms. The molecule has 128 valence electrons. The lowest BCUT2D eigenvalue weighted by Crippen LogP contribution is -2.35. The van der Waals surface area contributed by atoms with E-state index in [-0.39, 0.29) is 16.8 Å². The van der Waals surface area contributed by atoms with Crippen molar-refractivity contribution in [3.8, 4) is 0 Å². The summed E-state index contributed by atoms with van der Waals surface area (Å²) in [6.07, 6.45) is -0.755. The molecule has 2 N–H and O–H groups in total. The number of ether oxygens (including phenoxy) is 1. The van der Waals surface area contributed by atoms with Gasteiger partial charge < -0.3 is 4.74 Å². The Kier molecular flexibility index (Phi) is 5.28. The van der Waals surface area contributed by atoms with Crippen LogP contribution < -0.4 is 16.6 Å². The molecule has 1 heterocycles. The van der Waals surface area contributed by atoms with Crippen molar-refractivity contribution in [2.75, 3.05) is 5.32 Å². The van der Waals surface area contributed by atoms with Crippen molar-refractivity contribution < 1.29 is 9.53 Å². The fraction of sp³-hybridized carbons (Fsp3) is 0.312. The first kappa shape index (κ1) is 18.0. The van der Waals surface area contributed by atoms with Crippen molar-refractivity contribution in [1.29, 1.82) is 0 Å². The van der Waals surface area contributed by atoms with Crippen molar-refractivity contribution in [2.24, 2.45) is 0 Å². The van der Waals surface area contributed by atoms with Gasteiger partial charge in [-0.05, 0) is 42.3 Å². The summed E-state index contributed by atoms with van der Waals surface area (Å²) >= 11 is 3.11. The zero-order valence-electron chi connectivity index (χ0n) is 13.6. The summed E-state index contributed by atoms with van der Waals surface area (Å²) in [6, 6.07) is 9.20. The van der Waals surface area contributed by atoms with Crippen LogP contribution in [0.2, 0.25) is 0 Å². The normalized spacial score (nSPS) is 11.2. The number of rotatable bonds is 3. The smallest absolute Gasteiger partial charge is 0.413 e. The van der Waals surface area contributed by atoms with Gasteiger partial charge in [0, 0.05) is 0 Å². The molecule has 24 heavy (non-hydrogen) atoms. The van der Waals surface area contributed by atoms with E-state index in [4.69, 9.17) is 4.74 Å². The topological polar surface area (TPSA) is 93.2 Å². The van der Waals surface area contributed by atoms with Crippen LogP contribution in [0.3, 0.4) is 0 Å². The molecule has 1 aromatic heterocycles. The monoisotopic (exact) mass is 395 g/mol. The second kappa shape index (κ2) is 7.04. The minimum atomic E-state index is -0.755. The Hall–Kier alpha value is -2.35. The Morgan fingerprint density at radius 1 is 1.25 bits per heavy atom. The highest BCUT2D eigenvalue weighted by molar-refractivity contribution is 9.10. The van der Waals surface area contributed by atoms with E-state index in [0.717, 1.165) is 5.56 Å². The predicted octanol–water partition coefficient (Wildman–Crippen LogP) is 2.69. The van der Waals surface area contributed by atoms with Gasteiger partial charge >= 0.3 is 11.8 Å². The summed E-state index contributed by atoms with van der Waals surface area (Å²) in [5.74, 6) is 0.0434. The van der Waals surface area contributed by atoms with E-state index in [1.165, 1.54) is 4.57 Å². The molecule has 0 fully saturated rings. The number of hydrogen-bond donors (Lipinski definition) is 2. The lowest BCUT2D eigenvalue weighted by atomic mass is 10.2. The maximum absolute atomic E-state index is 12.2. The molecule has 1 aromatic carbocycles. The number of halogens is 1. The van der Waals surface area contributed by atoms with E-state index in [1.807, 2.05) is 30.3 Å². The SMILES string of the molecule is CC(C)(C)OC(=O)Nc1c(Br)c(=O)[nH]c(=O)n1Cc1ccccc1. The van der Waals surface area contributed by atoms with Crippen LogP contribution >= 0.6 is 15.9 Å². The van der Waals surface area contributed by atoms with Crippen LogP contribution in [0.5, 0.6) is 0 Å². The molecule has 0 saturated heterocycles.